The van der Waals surface area contributed by atoms with Crippen molar-refractivity contribution in [2.45, 2.75) is 37.3 Å². The van der Waals surface area contributed by atoms with E-state index < -0.39 is 16.8 Å². The second kappa shape index (κ2) is 8.31. The van der Waals surface area contributed by atoms with Crippen LogP contribution in [0.25, 0.3) is 0 Å². The van der Waals surface area contributed by atoms with E-state index in [4.69, 9.17) is 10.00 Å². The third-order valence-electron chi connectivity index (χ3n) is 3.26. The van der Waals surface area contributed by atoms with E-state index in [2.05, 4.69) is 9.97 Å². The van der Waals surface area contributed by atoms with Gasteiger partial charge in [-0.1, -0.05) is 49.0 Å². The Morgan fingerprint density at radius 1 is 1.42 bits per heavy atom. The van der Waals surface area contributed by atoms with Gasteiger partial charge >= 0.3 is 5.97 Å². The number of hydrogen-bond donors (Lipinski definition) is 1. The lowest BCUT2D eigenvalue weighted by Gasteiger charge is -2.11. The quantitative estimate of drug-likeness (QED) is 0.492. The zero-order valence-electron chi connectivity index (χ0n) is 13.4. The standard InChI is InChI=1S/C17H17N3O3S/c1-3-14-13(9-18)15(21)20-17(19-14)24-11(2)16(22)23-10-12-7-5-4-6-8-12/h4-8,11H,3,10H2,1-2H3,(H,19,20,21)/t11-/m0/s1. The number of ether oxygens (including phenoxy) is 1. The van der Waals surface area contributed by atoms with Crippen LogP contribution in [-0.2, 0) is 22.6 Å². The summed E-state index contributed by atoms with van der Waals surface area (Å²) < 4.78 is 5.26. The second-order valence-electron chi connectivity index (χ2n) is 5.01. The fourth-order valence-electron chi connectivity index (χ4n) is 1.99. The predicted octanol–water partition coefficient (Wildman–Crippen LogP) is 2.43. The van der Waals surface area contributed by atoms with Gasteiger partial charge < -0.3 is 9.72 Å². The average Bonchev–Trinajstić information content (AvgIpc) is 2.59. The first-order chi connectivity index (χ1) is 11.5. The van der Waals surface area contributed by atoms with Crippen molar-refractivity contribution in [1.29, 1.82) is 5.26 Å². The molecule has 6 nitrogen and oxygen atoms in total. The van der Waals surface area contributed by atoms with Gasteiger partial charge in [0.05, 0.1) is 5.69 Å². The Kier molecular flexibility index (Phi) is 6.15. The number of rotatable bonds is 6. The molecule has 0 saturated carbocycles. The SMILES string of the molecule is CCc1nc(S[C@@H](C)C(=O)OCc2ccccc2)[nH]c(=O)c1C#N. The second-order valence-corrected chi connectivity index (χ2v) is 6.34. The molecule has 0 aliphatic rings. The summed E-state index contributed by atoms with van der Waals surface area (Å²) in [6.45, 7) is 3.69. The summed E-state index contributed by atoms with van der Waals surface area (Å²) >= 11 is 1.10. The average molecular weight is 343 g/mol. The van der Waals surface area contributed by atoms with E-state index in [9.17, 15) is 9.59 Å². The maximum absolute atomic E-state index is 12.1. The smallest absolute Gasteiger partial charge is 0.319 e. The van der Waals surface area contributed by atoms with Crippen molar-refractivity contribution >= 4 is 17.7 Å². The van der Waals surface area contributed by atoms with E-state index in [-0.39, 0.29) is 12.2 Å². The van der Waals surface area contributed by atoms with Gasteiger partial charge in [-0.15, -0.1) is 0 Å². The summed E-state index contributed by atoms with van der Waals surface area (Å²) in [6, 6.07) is 11.2. The highest BCUT2D eigenvalue weighted by Crippen LogP contribution is 2.20. The van der Waals surface area contributed by atoms with Crippen molar-refractivity contribution in [2.24, 2.45) is 0 Å². The Balaban J connectivity index is 2.02. The van der Waals surface area contributed by atoms with E-state index in [1.807, 2.05) is 43.3 Å². The van der Waals surface area contributed by atoms with Gasteiger partial charge in [-0.3, -0.25) is 9.59 Å². The van der Waals surface area contributed by atoms with E-state index in [0.717, 1.165) is 17.3 Å². The molecule has 1 N–H and O–H groups in total. The first-order valence-electron chi connectivity index (χ1n) is 7.45. The number of nitrogens with zero attached hydrogens (tertiary/aromatic N) is 2. The number of carbonyl (C=O) groups is 1. The van der Waals surface area contributed by atoms with Gasteiger partial charge in [-0.05, 0) is 18.9 Å². The highest BCUT2D eigenvalue weighted by molar-refractivity contribution is 8.00. The van der Waals surface area contributed by atoms with Gasteiger partial charge in [0.25, 0.3) is 5.56 Å². The maximum atomic E-state index is 12.1. The number of nitrogens with one attached hydrogen (secondary N) is 1. The van der Waals surface area contributed by atoms with Crippen LogP contribution >= 0.6 is 11.8 Å². The van der Waals surface area contributed by atoms with Gasteiger partial charge in [0.15, 0.2) is 5.16 Å². The highest BCUT2D eigenvalue weighted by atomic mass is 32.2. The largest absolute Gasteiger partial charge is 0.460 e. The molecule has 2 rings (SSSR count). The van der Waals surface area contributed by atoms with Crippen LogP contribution in [0, 0.1) is 11.3 Å². The molecule has 0 unspecified atom stereocenters. The Morgan fingerprint density at radius 2 is 2.12 bits per heavy atom. The van der Waals surface area contributed by atoms with Crippen LogP contribution in [0.2, 0.25) is 0 Å². The monoisotopic (exact) mass is 343 g/mol. The normalized spacial score (nSPS) is 11.5. The van der Waals surface area contributed by atoms with Crippen LogP contribution in [0.15, 0.2) is 40.3 Å². The molecular formula is C17H17N3O3S. The lowest BCUT2D eigenvalue weighted by atomic mass is 10.2. The summed E-state index contributed by atoms with van der Waals surface area (Å²) in [6.07, 6.45) is 0.465. The molecule has 0 amide bonds. The molecule has 0 fully saturated rings. The van der Waals surface area contributed by atoms with Crippen molar-refractivity contribution in [3.8, 4) is 6.07 Å². The zero-order valence-corrected chi connectivity index (χ0v) is 14.2. The maximum Gasteiger partial charge on any atom is 0.319 e. The molecule has 0 aliphatic carbocycles. The molecule has 0 bridgehead atoms. The number of hydrogen-bond acceptors (Lipinski definition) is 6. The zero-order chi connectivity index (χ0) is 17.5. The lowest BCUT2D eigenvalue weighted by molar-refractivity contribution is -0.143. The molecule has 1 aromatic heterocycles. The van der Waals surface area contributed by atoms with E-state index >= 15 is 0 Å². The van der Waals surface area contributed by atoms with Crippen LogP contribution < -0.4 is 5.56 Å². The van der Waals surface area contributed by atoms with Crippen LogP contribution in [-0.4, -0.2) is 21.2 Å². The Labute approximate surface area is 143 Å². The molecule has 124 valence electrons. The first kappa shape index (κ1) is 17.8. The minimum absolute atomic E-state index is 0.0150. The number of H-pyrrole nitrogens is 1. The third-order valence-corrected chi connectivity index (χ3v) is 4.23. The molecule has 1 aromatic carbocycles. The van der Waals surface area contributed by atoms with Crippen molar-refractivity contribution < 1.29 is 9.53 Å². The lowest BCUT2D eigenvalue weighted by Crippen LogP contribution is -2.20. The van der Waals surface area contributed by atoms with Gasteiger partial charge in [0.1, 0.15) is 23.5 Å². The number of thioether (sulfide) groups is 1. The Hall–Kier alpha value is -2.59. The molecule has 2 aromatic rings. The number of aromatic amines is 1. The molecule has 24 heavy (non-hydrogen) atoms. The first-order valence-corrected chi connectivity index (χ1v) is 8.33. The van der Waals surface area contributed by atoms with Crippen LogP contribution in [0.3, 0.4) is 0 Å². The number of aryl methyl sites for hydroxylation is 1. The van der Waals surface area contributed by atoms with Crippen molar-refractivity contribution in [2.75, 3.05) is 0 Å². The number of carbonyl (C=O) groups excluding carboxylic acids is 1. The van der Waals surface area contributed by atoms with Crippen LogP contribution in [0.1, 0.15) is 30.7 Å². The molecule has 0 saturated heterocycles. The minimum Gasteiger partial charge on any atom is -0.460 e. The summed E-state index contributed by atoms with van der Waals surface area (Å²) in [7, 11) is 0. The summed E-state index contributed by atoms with van der Waals surface area (Å²) in [5.74, 6) is -0.395. The Morgan fingerprint density at radius 3 is 2.75 bits per heavy atom. The van der Waals surface area contributed by atoms with E-state index in [0.29, 0.717) is 17.3 Å². The summed E-state index contributed by atoms with van der Waals surface area (Å²) in [5.41, 5.74) is 0.854. The van der Waals surface area contributed by atoms with Crippen LogP contribution in [0.4, 0.5) is 0 Å². The molecule has 1 heterocycles. The summed E-state index contributed by atoms with van der Waals surface area (Å²) in [4.78, 5) is 30.7. The van der Waals surface area contributed by atoms with E-state index in [1.165, 1.54) is 0 Å². The highest BCUT2D eigenvalue weighted by Gasteiger charge is 2.19. The van der Waals surface area contributed by atoms with E-state index in [1.54, 1.807) is 6.92 Å². The Bertz CT molecular complexity index is 812. The topological polar surface area (TPSA) is 95.8 Å². The van der Waals surface area contributed by atoms with Crippen molar-refractivity contribution in [3.63, 3.8) is 0 Å². The summed E-state index contributed by atoms with van der Waals surface area (Å²) in [5, 5.41) is 8.75. The third kappa shape index (κ3) is 4.46. The number of aromatic nitrogens is 2. The molecule has 7 heteroatoms. The fourth-order valence-corrected chi connectivity index (χ4v) is 2.80. The van der Waals surface area contributed by atoms with Crippen molar-refractivity contribution in [3.05, 3.63) is 57.5 Å². The van der Waals surface area contributed by atoms with Gasteiger partial charge in [0, 0.05) is 0 Å². The molecule has 0 aliphatic heterocycles. The number of nitriles is 1. The molecular weight excluding hydrogens is 326 g/mol. The van der Waals surface area contributed by atoms with Crippen molar-refractivity contribution in [1.82, 2.24) is 9.97 Å². The van der Waals surface area contributed by atoms with Crippen LogP contribution in [0.5, 0.6) is 0 Å². The molecule has 1 atom stereocenters. The van der Waals surface area contributed by atoms with Gasteiger partial charge in [-0.2, -0.15) is 5.26 Å². The van der Waals surface area contributed by atoms with Gasteiger partial charge in [-0.25, -0.2) is 4.98 Å². The molecule has 0 radical (unpaired) electrons. The number of benzene rings is 1. The molecule has 0 spiro atoms. The minimum atomic E-state index is -0.533. The number of esters is 1. The predicted molar refractivity (Wildman–Crippen MR) is 90.5 cm³/mol. The van der Waals surface area contributed by atoms with Gasteiger partial charge in [0.2, 0.25) is 0 Å². The fraction of sp³-hybridized carbons (Fsp3) is 0.294.